The normalized spacial score (nSPS) is 18.0. The van der Waals surface area contributed by atoms with Crippen LogP contribution in [0.15, 0.2) is 46.1 Å². The van der Waals surface area contributed by atoms with Crippen LogP contribution in [0.2, 0.25) is 0 Å². The maximum absolute atomic E-state index is 12.2. The van der Waals surface area contributed by atoms with E-state index < -0.39 is 10.0 Å². The second kappa shape index (κ2) is 7.42. The van der Waals surface area contributed by atoms with E-state index >= 15 is 0 Å². The standard InChI is InChI=1S/C16H19N3O3S2/c20-15(11-18-24(21,22)16-5-3-9-23-16)19-8-6-13(12-19)10-14-4-1-2-7-17-14/h1-5,7,9,13,18H,6,8,10-12H2. The van der Waals surface area contributed by atoms with Gasteiger partial charge in [0.15, 0.2) is 0 Å². The first kappa shape index (κ1) is 17.1. The fraction of sp³-hybridized carbons (Fsp3) is 0.375. The van der Waals surface area contributed by atoms with Crippen molar-refractivity contribution in [2.45, 2.75) is 17.1 Å². The molecule has 1 fully saturated rings. The van der Waals surface area contributed by atoms with Crippen LogP contribution >= 0.6 is 11.3 Å². The Bertz CT molecular complexity index is 776. The summed E-state index contributed by atoms with van der Waals surface area (Å²) in [5, 5.41) is 1.69. The molecule has 8 heteroatoms. The van der Waals surface area contributed by atoms with Gasteiger partial charge in [-0.15, -0.1) is 11.3 Å². The molecule has 0 saturated carbocycles. The third kappa shape index (κ3) is 4.19. The van der Waals surface area contributed by atoms with E-state index in [1.807, 2.05) is 18.2 Å². The molecule has 0 radical (unpaired) electrons. The second-order valence-corrected chi connectivity index (χ2v) is 8.72. The Morgan fingerprint density at radius 3 is 2.92 bits per heavy atom. The van der Waals surface area contributed by atoms with Gasteiger partial charge in [-0.3, -0.25) is 9.78 Å². The van der Waals surface area contributed by atoms with E-state index in [1.165, 1.54) is 6.07 Å². The van der Waals surface area contributed by atoms with Crippen LogP contribution in [0.4, 0.5) is 0 Å². The average molecular weight is 365 g/mol. The van der Waals surface area contributed by atoms with Crippen LogP contribution in [0, 0.1) is 5.92 Å². The number of aromatic nitrogens is 1. The SMILES string of the molecule is O=C(CNS(=O)(=O)c1cccs1)N1CCC(Cc2ccccn2)C1. The number of thiophene rings is 1. The van der Waals surface area contributed by atoms with Crippen LogP contribution in [-0.2, 0) is 21.2 Å². The molecule has 1 saturated heterocycles. The van der Waals surface area contributed by atoms with Crippen molar-refractivity contribution in [2.24, 2.45) is 5.92 Å². The third-order valence-corrected chi connectivity index (χ3v) is 6.83. The molecule has 128 valence electrons. The van der Waals surface area contributed by atoms with Gasteiger partial charge in [0, 0.05) is 25.0 Å². The first-order valence-corrected chi connectivity index (χ1v) is 10.1. The monoisotopic (exact) mass is 365 g/mol. The van der Waals surface area contributed by atoms with E-state index in [2.05, 4.69) is 9.71 Å². The summed E-state index contributed by atoms with van der Waals surface area (Å²) in [6, 6.07) is 9.02. The van der Waals surface area contributed by atoms with Gasteiger partial charge in [0.05, 0.1) is 6.54 Å². The van der Waals surface area contributed by atoms with E-state index in [0.717, 1.165) is 29.9 Å². The molecular formula is C16H19N3O3S2. The van der Waals surface area contributed by atoms with Gasteiger partial charge in [-0.25, -0.2) is 13.1 Å². The highest BCUT2D eigenvalue weighted by Gasteiger charge is 2.27. The molecular weight excluding hydrogens is 346 g/mol. The molecule has 2 aromatic heterocycles. The number of hydrogen-bond acceptors (Lipinski definition) is 5. The minimum atomic E-state index is -3.59. The number of hydrogen-bond donors (Lipinski definition) is 1. The molecule has 1 N–H and O–H groups in total. The zero-order chi connectivity index (χ0) is 17.0. The molecule has 1 aliphatic heterocycles. The lowest BCUT2D eigenvalue weighted by atomic mass is 10.0. The quantitative estimate of drug-likeness (QED) is 0.842. The van der Waals surface area contributed by atoms with Crippen molar-refractivity contribution < 1.29 is 13.2 Å². The Morgan fingerprint density at radius 1 is 1.33 bits per heavy atom. The maximum atomic E-state index is 12.2. The number of rotatable bonds is 6. The van der Waals surface area contributed by atoms with Crippen LogP contribution in [0.25, 0.3) is 0 Å². The van der Waals surface area contributed by atoms with Crippen LogP contribution in [0.3, 0.4) is 0 Å². The number of sulfonamides is 1. The maximum Gasteiger partial charge on any atom is 0.250 e. The second-order valence-electron chi connectivity index (χ2n) is 5.78. The van der Waals surface area contributed by atoms with Crippen LogP contribution in [-0.4, -0.2) is 43.8 Å². The molecule has 1 amide bonds. The number of carbonyl (C=O) groups is 1. The third-order valence-electron chi connectivity index (χ3n) is 4.04. The summed E-state index contributed by atoms with van der Waals surface area (Å²) in [6.45, 7) is 1.11. The Morgan fingerprint density at radius 2 is 2.21 bits per heavy atom. The minimum Gasteiger partial charge on any atom is -0.341 e. The average Bonchev–Trinajstić information content (AvgIpc) is 3.26. The molecule has 0 bridgehead atoms. The summed E-state index contributed by atoms with van der Waals surface area (Å²) < 4.78 is 26.7. The summed E-state index contributed by atoms with van der Waals surface area (Å²) in [4.78, 5) is 18.3. The largest absolute Gasteiger partial charge is 0.341 e. The van der Waals surface area contributed by atoms with Crippen molar-refractivity contribution in [3.63, 3.8) is 0 Å². The van der Waals surface area contributed by atoms with Crippen molar-refractivity contribution in [3.8, 4) is 0 Å². The van der Waals surface area contributed by atoms with Gasteiger partial charge in [0.2, 0.25) is 5.91 Å². The molecule has 6 nitrogen and oxygen atoms in total. The highest BCUT2D eigenvalue weighted by molar-refractivity contribution is 7.91. The van der Waals surface area contributed by atoms with Crippen molar-refractivity contribution in [1.29, 1.82) is 0 Å². The van der Waals surface area contributed by atoms with Gasteiger partial charge in [0.1, 0.15) is 4.21 Å². The lowest BCUT2D eigenvalue weighted by Gasteiger charge is -2.16. The number of nitrogens with zero attached hydrogens (tertiary/aromatic N) is 2. The summed E-state index contributed by atoms with van der Waals surface area (Å²) in [5.41, 5.74) is 1.02. The Hall–Kier alpha value is -1.77. The zero-order valence-electron chi connectivity index (χ0n) is 13.1. The predicted molar refractivity (Wildman–Crippen MR) is 92.1 cm³/mol. The first-order valence-electron chi connectivity index (χ1n) is 7.75. The Labute approximate surface area is 145 Å². The smallest absolute Gasteiger partial charge is 0.250 e. The number of pyridine rings is 1. The molecule has 0 aromatic carbocycles. The first-order chi connectivity index (χ1) is 11.5. The fourth-order valence-electron chi connectivity index (χ4n) is 2.80. The molecule has 3 rings (SSSR count). The van der Waals surface area contributed by atoms with Crippen LogP contribution < -0.4 is 4.72 Å². The topological polar surface area (TPSA) is 79.4 Å². The van der Waals surface area contributed by atoms with Crippen molar-refractivity contribution in [2.75, 3.05) is 19.6 Å². The van der Waals surface area contributed by atoms with Crippen molar-refractivity contribution >= 4 is 27.3 Å². The van der Waals surface area contributed by atoms with Gasteiger partial charge in [-0.1, -0.05) is 12.1 Å². The van der Waals surface area contributed by atoms with Gasteiger partial charge in [0.25, 0.3) is 10.0 Å². The molecule has 2 aromatic rings. The predicted octanol–water partition coefficient (Wildman–Crippen LogP) is 1.51. The summed E-state index contributed by atoms with van der Waals surface area (Å²) >= 11 is 1.13. The Kier molecular flexibility index (Phi) is 5.27. The zero-order valence-corrected chi connectivity index (χ0v) is 14.7. The molecule has 24 heavy (non-hydrogen) atoms. The molecule has 1 aliphatic rings. The van der Waals surface area contributed by atoms with Gasteiger partial charge >= 0.3 is 0 Å². The molecule has 0 spiro atoms. The molecule has 0 aliphatic carbocycles. The number of amides is 1. The van der Waals surface area contributed by atoms with Gasteiger partial charge < -0.3 is 4.90 Å². The lowest BCUT2D eigenvalue weighted by molar-refractivity contribution is -0.129. The highest BCUT2D eigenvalue weighted by atomic mass is 32.2. The summed E-state index contributed by atoms with van der Waals surface area (Å²) in [7, 11) is -3.59. The van der Waals surface area contributed by atoms with E-state index in [-0.39, 0.29) is 16.7 Å². The fourth-order valence-corrected chi connectivity index (χ4v) is 4.81. The minimum absolute atomic E-state index is 0.182. The van der Waals surface area contributed by atoms with E-state index in [9.17, 15) is 13.2 Å². The summed E-state index contributed by atoms with van der Waals surface area (Å²) in [6.07, 6.45) is 3.53. The number of likely N-dealkylation sites (tertiary alicyclic amines) is 1. The van der Waals surface area contributed by atoms with Gasteiger partial charge in [-0.2, -0.15) is 0 Å². The number of nitrogens with one attached hydrogen (secondary N) is 1. The summed E-state index contributed by atoms with van der Waals surface area (Å²) in [5.74, 6) is 0.191. The Balaban J connectivity index is 1.50. The van der Waals surface area contributed by atoms with E-state index in [4.69, 9.17) is 0 Å². The van der Waals surface area contributed by atoms with Crippen molar-refractivity contribution in [1.82, 2.24) is 14.6 Å². The van der Waals surface area contributed by atoms with Crippen LogP contribution in [0.1, 0.15) is 12.1 Å². The van der Waals surface area contributed by atoms with Crippen LogP contribution in [0.5, 0.6) is 0 Å². The highest BCUT2D eigenvalue weighted by Crippen LogP contribution is 2.20. The molecule has 1 atom stereocenters. The van der Waals surface area contributed by atoms with E-state index in [1.54, 1.807) is 22.5 Å². The van der Waals surface area contributed by atoms with E-state index in [0.29, 0.717) is 19.0 Å². The van der Waals surface area contributed by atoms with Crippen molar-refractivity contribution in [3.05, 3.63) is 47.6 Å². The van der Waals surface area contributed by atoms with Gasteiger partial charge in [-0.05, 0) is 42.3 Å². The molecule has 1 unspecified atom stereocenters. The molecule has 3 heterocycles. The number of carbonyl (C=O) groups excluding carboxylic acids is 1. The lowest BCUT2D eigenvalue weighted by Crippen LogP contribution is -2.38.